The second kappa shape index (κ2) is 15.2. The number of benzene rings is 11. The van der Waals surface area contributed by atoms with E-state index in [0.717, 1.165) is 72.0 Å². The van der Waals surface area contributed by atoms with Gasteiger partial charge in [-0.2, -0.15) is 0 Å². The summed E-state index contributed by atoms with van der Waals surface area (Å²) in [4.78, 5) is 16.0. The van der Waals surface area contributed by atoms with Gasteiger partial charge < -0.3 is 9.13 Å². The Hall–Kier alpha value is -9.19. The summed E-state index contributed by atoms with van der Waals surface area (Å²) < 4.78 is 4.80. The Kier molecular flexibility index (Phi) is 8.52. The molecule has 0 fully saturated rings. The molecule has 0 N–H and O–H groups in total. The molecule has 0 atom stereocenters. The van der Waals surface area contributed by atoms with Crippen LogP contribution in [0.5, 0.6) is 0 Å². The molecule has 0 aliphatic rings. The number of nitrogens with zero attached hydrogens (tertiary/aromatic N) is 5. The van der Waals surface area contributed by atoms with E-state index in [-0.39, 0.29) is 0 Å². The van der Waals surface area contributed by atoms with Gasteiger partial charge in [-0.3, -0.25) is 0 Å². The molecule has 5 heteroatoms. The molecule has 5 nitrogen and oxygen atoms in total. The fourth-order valence-corrected chi connectivity index (χ4v) is 10.6. The van der Waals surface area contributed by atoms with E-state index in [0.29, 0.717) is 17.5 Å². The predicted octanol–water partition coefficient (Wildman–Crippen LogP) is 16.2. The molecule has 3 heterocycles. The fraction of sp³-hybridized carbons (Fsp3) is 0. The molecule has 316 valence electrons. The minimum atomic E-state index is 0.609. The number of fused-ring (bicyclic) bond motifs is 10. The van der Waals surface area contributed by atoms with Crippen LogP contribution in [0.3, 0.4) is 0 Å². The molecular weight excluding hydrogens is 827 g/mol. The van der Waals surface area contributed by atoms with Crippen LogP contribution in [0.1, 0.15) is 0 Å². The second-order valence-corrected chi connectivity index (χ2v) is 17.6. The zero-order chi connectivity index (χ0) is 44.7. The lowest BCUT2D eigenvalue weighted by molar-refractivity contribution is 1.08. The number of para-hydroxylation sites is 2. The first-order chi connectivity index (χ1) is 33.7. The number of hydrogen-bond donors (Lipinski definition) is 0. The lowest BCUT2D eigenvalue weighted by Gasteiger charge is -2.16. The molecule has 0 saturated carbocycles. The molecule has 0 aliphatic carbocycles. The Morgan fingerprint density at radius 3 is 1.65 bits per heavy atom. The van der Waals surface area contributed by atoms with E-state index >= 15 is 0 Å². The Labute approximate surface area is 391 Å². The number of aromatic nitrogens is 5. The van der Waals surface area contributed by atoms with Crippen LogP contribution in [-0.2, 0) is 0 Å². The largest absolute Gasteiger partial charge is 0.309 e. The minimum Gasteiger partial charge on any atom is -0.309 e. The Balaban J connectivity index is 1.04. The molecule has 0 aliphatic heterocycles. The summed E-state index contributed by atoms with van der Waals surface area (Å²) in [5.74, 6) is 1.84. The van der Waals surface area contributed by atoms with E-state index in [1.807, 2.05) is 18.2 Å². The molecule has 11 aromatic carbocycles. The second-order valence-electron chi connectivity index (χ2n) is 17.6. The zero-order valence-electron chi connectivity index (χ0n) is 36.8. The highest BCUT2D eigenvalue weighted by atomic mass is 15.0. The van der Waals surface area contributed by atoms with Crippen LogP contribution < -0.4 is 0 Å². The molecule has 3 aromatic heterocycles. The summed E-state index contributed by atoms with van der Waals surface area (Å²) >= 11 is 0. The van der Waals surface area contributed by atoms with Crippen LogP contribution in [0, 0.1) is 0 Å². The SMILES string of the molecule is c1ccc(-c2ccc3c(-n4c5cc6ccccc6cc5c5c6ccccc6ccc54)ccc(-c4nc(-c5ccccc5)nc(-c5ccc6c7ccccc7n(-c7ccccc7)c6c5)n4)c3c2)cc1. The van der Waals surface area contributed by atoms with Crippen molar-refractivity contribution in [3.05, 3.63) is 237 Å². The average molecular weight is 866 g/mol. The maximum absolute atomic E-state index is 5.44. The number of hydrogen-bond acceptors (Lipinski definition) is 3. The maximum atomic E-state index is 5.44. The van der Waals surface area contributed by atoms with Gasteiger partial charge in [0, 0.05) is 49.3 Å². The normalized spacial score (nSPS) is 11.8. The highest BCUT2D eigenvalue weighted by Gasteiger charge is 2.22. The summed E-state index contributed by atoms with van der Waals surface area (Å²) in [6.45, 7) is 0. The summed E-state index contributed by atoms with van der Waals surface area (Å²) in [6.07, 6.45) is 0. The van der Waals surface area contributed by atoms with Crippen LogP contribution >= 0.6 is 0 Å². The van der Waals surface area contributed by atoms with Gasteiger partial charge in [0.05, 0.1) is 27.8 Å². The summed E-state index contributed by atoms with van der Waals surface area (Å²) in [5.41, 5.74) is 11.8. The van der Waals surface area contributed by atoms with Crippen molar-refractivity contribution in [3.8, 4) is 56.7 Å². The summed E-state index contributed by atoms with van der Waals surface area (Å²) in [6, 6.07) is 84.7. The van der Waals surface area contributed by atoms with Gasteiger partial charge in [0.25, 0.3) is 0 Å². The lowest BCUT2D eigenvalue weighted by Crippen LogP contribution is -2.02. The summed E-state index contributed by atoms with van der Waals surface area (Å²) in [5, 5.41) is 11.9. The maximum Gasteiger partial charge on any atom is 0.164 e. The van der Waals surface area contributed by atoms with Gasteiger partial charge >= 0.3 is 0 Å². The highest BCUT2D eigenvalue weighted by Crippen LogP contribution is 2.43. The first kappa shape index (κ1) is 38.1. The molecule has 14 rings (SSSR count). The molecule has 0 spiro atoms. The predicted molar refractivity (Wildman–Crippen MR) is 283 cm³/mol. The van der Waals surface area contributed by atoms with Crippen molar-refractivity contribution in [2.24, 2.45) is 0 Å². The Morgan fingerprint density at radius 1 is 0.265 bits per heavy atom. The fourth-order valence-electron chi connectivity index (χ4n) is 10.6. The van der Waals surface area contributed by atoms with Crippen molar-refractivity contribution in [2.75, 3.05) is 0 Å². The monoisotopic (exact) mass is 865 g/mol. The molecule has 14 aromatic rings. The van der Waals surface area contributed by atoms with E-state index < -0.39 is 0 Å². The highest BCUT2D eigenvalue weighted by molar-refractivity contribution is 6.24. The molecule has 0 saturated heterocycles. The van der Waals surface area contributed by atoms with Crippen LogP contribution in [0.4, 0.5) is 0 Å². The van der Waals surface area contributed by atoms with Crippen LogP contribution in [0.2, 0.25) is 0 Å². The topological polar surface area (TPSA) is 48.5 Å². The van der Waals surface area contributed by atoms with Gasteiger partial charge in [0.2, 0.25) is 0 Å². The van der Waals surface area contributed by atoms with Gasteiger partial charge in [0.1, 0.15) is 0 Å². The van der Waals surface area contributed by atoms with E-state index in [4.69, 9.17) is 15.0 Å². The molecular formula is C63H39N5. The third-order valence-electron chi connectivity index (χ3n) is 13.7. The van der Waals surface area contributed by atoms with Gasteiger partial charge in [0.15, 0.2) is 17.5 Å². The third-order valence-corrected chi connectivity index (χ3v) is 13.7. The Morgan fingerprint density at radius 2 is 0.853 bits per heavy atom. The first-order valence-electron chi connectivity index (χ1n) is 23.1. The lowest BCUT2D eigenvalue weighted by atomic mass is 9.96. The smallest absolute Gasteiger partial charge is 0.164 e. The van der Waals surface area contributed by atoms with Crippen molar-refractivity contribution >= 4 is 75.9 Å². The van der Waals surface area contributed by atoms with E-state index in [1.54, 1.807) is 0 Å². The third kappa shape index (κ3) is 5.99. The molecule has 68 heavy (non-hydrogen) atoms. The van der Waals surface area contributed by atoms with Crippen molar-refractivity contribution in [1.82, 2.24) is 24.1 Å². The zero-order valence-corrected chi connectivity index (χ0v) is 36.8. The average Bonchev–Trinajstić information content (AvgIpc) is 3.92. The van der Waals surface area contributed by atoms with Crippen molar-refractivity contribution in [2.45, 2.75) is 0 Å². The molecule has 0 amide bonds. The quantitative estimate of drug-likeness (QED) is 0.167. The first-order valence-corrected chi connectivity index (χ1v) is 23.1. The van der Waals surface area contributed by atoms with Crippen molar-refractivity contribution in [3.63, 3.8) is 0 Å². The van der Waals surface area contributed by atoms with Gasteiger partial charge in [-0.25, -0.2) is 15.0 Å². The van der Waals surface area contributed by atoms with Crippen molar-refractivity contribution in [1.29, 1.82) is 0 Å². The van der Waals surface area contributed by atoms with E-state index in [9.17, 15) is 0 Å². The molecule has 0 bridgehead atoms. The van der Waals surface area contributed by atoms with Gasteiger partial charge in [-0.15, -0.1) is 0 Å². The minimum absolute atomic E-state index is 0.609. The van der Waals surface area contributed by atoms with Crippen LogP contribution in [0.15, 0.2) is 237 Å². The number of rotatable bonds is 6. The van der Waals surface area contributed by atoms with Crippen molar-refractivity contribution < 1.29 is 0 Å². The molecule has 0 unspecified atom stereocenters. The van der Waals surface area contributed by atoms with Gasteiger partial charge in [-0.1, -0.05) is 176 Å². The standard InChI is InChI=1S/C63H39N5/c1-4-16-40(17-5-1)45-28-31-51-53(36-45)52(33-35-56(51)68-57-34-30-41-18-12-13-25-48(41)60(57)54-37-43-21-10-11-22-44(43)38-59(54)68)63-65-61(42-19-6-2-7-20-42)64-62(66-63)46-29-32-50-49-26-14-15-27-55(49)67(58(50)39-46)47-23-8-3-9-24-47/h1-39H. The summed E-state index contributed by atoms with van der Waals surface area (Å²) in [7, 11) is 0. The molecule has 0 radical (unpaired) electrons. The van der Waals surface area contributed by atoms with Gasteiger partial charge in [-0.05, 0) is 98.7 Å². The van der Waals surface area contributed by atoms with E-state index in [2.05, 4.69) is 228 Å². The van der Waals surface area contributed by atoms with Crippen LogP contribution in [-0.4, -0.2) is 24.1 Å². The van der Waals surface area contributed by atoms with Crippen LogP contribution in [0.25, 0.3) is 133 Å². The van der Waals surface area contributed by atoms with E-state index in [1.165, 1.54) is 43.1 Å². The Bertz CT molecular complexity index is 4300.